The molecule has 3 aromatic rings. The molecule has 3 aromatic carbocycles. The Morgan fingerprint density at radius 1 is 0.861 bits per heavy atom. The Labute approximate surface area is 212 Å². The first kappa shape index (κ1) is 24.0. The molecule has 8 nitrogen and oxygen atoms in total. The van der Waals surface area contributed by atoms with Crippen molar-refractivity contribution in [2.24, 2.45) is 0 Å². The Bertz CT molecular complexity index is 1300. The summed E-state index contributed by atoms with van der Waals surface area (Å²) in [6.07, 6.45) is -3.51. The number of aliphatic carboxylic acids is 1. The lowest BCUT2D eigenvalue weighted by Crippen LogP contribution is -2.55. The van der Waals surface area contributed by atoms with Crippen LogP contribution in [0.5, 0.6) is 0 Å². The highest BCUT2D eigenvalue weighted by molar-refractivity contribution is 6.33. The number of carbonyl (C=O) groups is 3. The third kappa shape index (κ3) is 4.70. The Balaban J connectivity index is 1.45. The van der Waals surface area contributed by atoms with Crippen molar-refractivity contribution in [3.63, 3.8) is 0 Å². The predicted octanol–water partition coefficient (Wildman–Crippen LogP) is 3.80. The van der Waals surface area contributed by atoms with E-state index in [1.165, 1.54) is 4.90 Å². The SMILES string of the molecule is O=C(Nc1ccccc1Cl)C1OC(c2ccccc2)OC1C(=O)N1Cc2ccccc2CC1C(=O)O. The third-order valence-electron chi connectivity index (χ3n) is 6.34. The fourth-order valence-corrected chi connectivity index (χ4v) is 4.68. The average molecular weight is 507 g/mol. The molecule has 2 N–H and O–H groups in total. The van der Waals surface area contributed by atoms with Gasteiger partial charge in [-0.05, 0) is 23.3 Å². The van der Waals surface area contributed by atoms with Crippen LogP contribution in [-0.4, -0.2) is 46.0 Å². The fraction of sp³-hybridized carbons (Fsp3) is 0.222. The number of para-hydroxylation sites is 1. The summed E-state index contributed by atoms with van der Waals surface area (Å²) in [5.74, 6) is -2.38. The quantitative estimate of drug-likeness (QED) is 0.545. The summed E-state index contributed by atoms with van der Waals surface area (Å²) >= 11 is 6.19. The summed E-state index contributed by atoms with van der Waals surface area (Å²) in [7, 11) is 0. The van der Waals surface area contributed by atoms with Gasteiger partial charge in [0.2, 0.25) is 0 Å². The summed E-state index contributed by atoms with van der Waals surface area (Å²) in [5, 5.41) is 12.9. The Hall–Kier alpha value is -3.72. The molecule has 0 bridgehead atoms. The topological polar surface area (TPSA) is 105 Å². The molecule has 1 fully saturated rings. The van der Waals surface area contributed by atoms with Gasteiger partial charge in [0.25, 0.3) is 11.8 Å². The van der Waals surface area contributed by atoms with E-state index in [9.17, 15) is 19.5 Å². The minimum atomic E-state index is -1.36. The maximum absolute atomic E-state index is 13.8. The van der Waals surface area contributed by atoms with Gasteiger partial charge in [-0.15, -0.1) is 0 Å². The Morgan fingerprint density at radius 2 is 1.50 bits per heavy atom. The molecule has 0 spiro atoms. The first-order valence-corrected chi connectivity index (χ1v) is 11.8. The zero-order chi connectivity index (χ0) is 25.2. The van der Waals surface area contributed by atoms with Crippen LogP contribution in [0.25, 0.3) is 0 Å². The molecule has 36 heavy (non-hydrogen) atoms. The lowest BCUT2D eigenvalue weighted by atomic mass is 9.93. The fourth-order valence-electron chi connectivity index (χ4n) is 4.50. The lowest BCUT2D eigenvalue weighted by molar-refractivity contribution is -0.158. The molecule has 0 aromatic heterocycles. The van der Waals surface area contributed by atoms with Crippen LogP contribution >= 0.6 is 11.6 Å². The van der Waals surface area contributed by atoms with E-state index in [0.717, 1.165) is 11.1 Å². The second kappa shape index (κ2) is 10.1. The van der Waals surface area contributed by atoms with Crippen LogP contribution in [0.1, 0.15) is 23.0 Å². The van der Waals surface area contributed by atoms with Crippen molar-refractivity contribution in [3.8, 4) is 0 Å². The van der Waals surface area contributed by atoms with Gasteiger partial charge in [0.05, 0.1) is 10.7 Å². The van der Waals surface area contributed by atoms with Crippen molar-refractivity contribution >= 4 is 35.1 Å². The van der Waals surface area contributed by atoms with Crippen molar-refractivity contribution in [2.75, 3.05) is 5.32 Å². The lowest BCUT2D eigenvalue weighted by Gasteiger charge is -2.36. The third-order valence-corrected chi connectivity index (χ3v) is 6.67. The molecule has 4 unspecified atom stereocenters. The molecule has 4 atom stereocenters. The van der Waals surface area contributed by atoms with Gasteiger partial charge in [-0.3, -0.25) is 9.59 Å². The van der Waals surface area contributed by atoms with Crippen LogP contribution in [-0.2, 0) is 36.8 Å². The number of carboxylic acids is 1. The highest BCUT2D eigenvalue weighted by Crippen LogP contribution is 2.35. The van der Waals surface area contributed by atoms with E-state index in [-0.39, 0.29) is 13.0 Å². The van der Waals surface area contributed by atoms with Gasteiger partial charge in [0, 0.05) is 18.5 Å². The maximum Gasteiger partial charge on any atom is 0.326 e. The number of hydrogen-bond donors (Lipinski definition) is 2. The van der Waals surface area contributed by atoms with Gasteiger partial charge in [-0.2, -0.15) is 0 Å². The number of nitrogens with zero attached hydrogens (tertiary/aromatic N) is 1. The highest BCUT2D eigenvalue weighted by atomic mass is 35.5. The largest absolute Gasteiger partial charge is 0.480 e. The van der Waals surface area contributed by atoms with Gasteiger partial charge >= 0.3 is 5.97 Å². The molecule has 0 saturated carbocycles. The van der Waals surface area contributed by atoms with E-state index in [2.05, 4.69) is 5.32 Å². The van der Waals surface area contributed by atoms with E-state index in [1.54, 1.807) is 48.5 Å². The van der Waals surface area contributed by atoms with Crippen LogP contribution < -0.4 is 5.32 Å². The standard InChI is InChI=1S/C27H23ClN2O6/c28-19-12-6-7-13-20(19)29-24(31)22-23(36-27(35-22)16-8-2-1-3-9-16)25(32)30-15-18-11-5-4-10-17(18)14-21(30)26(33)34/h1-13,21-23,27H,14-15H2,(H,29,31)(H,33,34). The number of carbonyl (C=O) groups excluding carboxylic acids is 2. The number of carboxylic acid groups (broad SMARTS) is 1. The molecular weight excluding hydrogens is 484 g/mol. The van der Waals surface area contributed by atoms with Crippen molar-refractivity contribution in [2.45, 2.75) is 37.5 Å². The number of halogens is 1. The molecule has 2 heterocycles. The van der Waals surface area contributed by atoms with Crippen LogP contribution in [0, 0.1) is 0 Å². The molecule has 2 aliphatic rings. The van der Waals surface area contributed by atoms with Gasteiger partial charge in [-0.25, -0.2) is 4.79 Å². The van der Waals surface area contributed by atoms with Crippen molar-refractivity contribution in [1.29, 1.82) is 0 Å². The molecule has 1 saturated heterocycles. The Morgan fingerprint density at radius 3 is 2.22 bits per heavy atom. The maximum atomic E-state index is 13.8. The van der Waals surface area contributed by atoms with E-state index < -0.39 is 42.3 Å². The number of hydrogen-bond acceptors (Lipinski definition) is 5. The first-order chi connectivity index (χ1) is 17.4. The first-order valence-electron chi connectivity index (χ1n) is 11.4. The number of amides is 2. The molecule has 0 aliphatic carbocycles. The van der Waals surface area contributed by atoms with Crippen molar-refractivity contribution in [3.05, 3.63) is 101 Å². The number of benzene rings is 3. The predicted molar refractivity (Wildman–Crippen MR) is 131 cm³/mol. The van der Waals surface area contributed by atoms with Gasteiger partial charge in [0.15, 0.2) is 18.5 Å². The molecule has 0 radical (unpaired) electrons. The Kier molecular flexibility index (Phi) is 6.73. The number of rotatable bonds is 5. The zero-order valence-electron chi connectivity index (χ0n) is 19.0. The van der Waals surface area contributed by atoms with Gasteiger partial charge < -0.3 is 24.8 Å². The molecule has 2 aliphatic heterocycles. The van der Waals surface area contributed by atoms with E-state index in [0.29, 0.717) is 16.3 Å². The summed E-state index contributed by atoms with van der Waals surface area (Å²) in [5.41, 5.74) is 2.70. The average Bonchev–Trinajstić information content (AvgIpc) is 3.35. The normalized spacial score (nSPS) is 23.1. The summed E-state index contributed by atoms with van der Waals surface area (Å²) in [4.78, 5) is 40.4. The molecule has 2 amide bonds. The number of ether oxygens (including phenoxy) is 2. The van der Waals surface area contributed by atoms with Crippen LogP contribution in [0.4, 0.5) is 5.69 Å². The minimum Gasteiger partial charge on any atom is -0.480 e. The van der Waals surface area contributed by atoms with E-state index >= 15 is 0 Å². The smallest absolute Gasteiger partial charge is 0.326 e. The van der Waals surface area contributed by atoms with E-state index in [4.69, 9.17) is 21.1 Å². The number of nitrogens with one attached hydrogen (secondary N) is 1. The molecule has 5 rings (SSSR count). The summed E-state index contributed by atoms with van der Waals surface area (Å²) in [6, 6.07) is 21.9. The number of fused-ring (bicyclic) bond motifs is 1. The molecular formula is C27H23ClN2O6. The van der Waals surface area contributed by atoms with Crippen molar-refractivity contribution < 1.29 is 29.0 Å². The van der Waals surface area contributed by atoms with Gasteiger partial charge in [-0.1, -0.05) is 78.3 Å². The van der Waals surface area contributed by atoms with Crippen LogP contribution in [0.2, 0.25) is 5.02 Å². The van der Waals surface area contributed by atoms with Crippen molar-refractivity contribution in [1.82, 2.24) is 4.90 Å². The van der Waals surface area contributed by atoms with Crippen LogP contribution in [0.3, 0.4) is 0 Å². The summed E-state index contributed by atoms with van der Waals surface area (Å²) in [6.45, 7) is 0.0840. The summed E-state index contributed by atoms with van der Waals surface area (Å²) < 4.78 is 11.9. The number of anilines is 1. The second-order valence-corrected chi connectivity index (χ2v) is 9.03. The van der Waals surface area contributed by atoms with E-state index in [1.807, 2.05) is 30.3 Å². The molecule has 184 valence electrons. The highest BCUT2D eigenvalue weighted by Gasteiger charge is 2.49. The monoisotopic (exact) mass is 506 g/mol. The van der Waals surface area contributed by atoms with Gasteiger partial charge in [0.1, 0.15) is 6.04 Å². The second-order valence-electron chi connectivity index (χ2n) is 8.62. The zero-order valence-corrected chi connectivity index (χ0v) is 19.8. The van der Waals surface area contributed by atoms with Crippen LogP contribution in [0.15, 0.2) is 78.9 Å². The molecule has 9 heteroatoms. The minimum absolute atomic E-state index is 0.0840.